The van der Waals surface area contributed by atoms with Gasteiger partial charge in [-0.1, -0.05) is 42.5 Å². The van der Waals surface area contributed by atoms with Crippen molar-refractivity contribution < 1.29 is 0 Å². The first kappa shape index (κ1) is 20.3. The average molecular weight is 465 g/mol. The van der Waals surface area contributed by atoms with Crippen molar-refractivity contribution >= 4 is 11.0 Å². The minimum absolute atomic E-state index is 0.816. The van der Waals surface area contributed by atoms with Gasteiger partial charge in [-0.2, -0.15) is 0 Å². The Morgan fingerprint density at radius 2 is 0.972 bits per heavy atom. The monoisotopic (exact) mass is 464 g/mol. The van der Waals surface area contributed by atoms with Gasteiger partial charge >= 0.3 is 0 Å². The Hall–Kier alpha value is -5.10. The van der Waals surface area contributed by atoms with Gasteiger partial charge in [0.15, 0.2) is 11.6 Å². The quantitative estimate of drug-likeness (QED) is 0.301. The Morgan fingerprint density at radius 1 is 0.472 bits per heavy atom. The zero-order valence-electron chi connectivity index (χ0n) is 19.2. The second kappa shape index (κ2) is 8.29. The highest BCUT2D eigenvalue weighted by molar-refractivity contribution is 5.86. The van der Waals surface area contributed by atoms with Crippen LogP contribution in [0.15, 0.2) is 122 Å². The van der Waals surface area contributed by atoms with Gasteiger partial charge in [0.25, 0.3) is 0 Å². The van der Waals surface area contributed by atoms with Crippen molar-refractivity contribution in [2.45, 2.75) is 0 Å². The molecule has 0 saturated carbocycles. The molecule has 36 heavy (non-hydrogen) atoms. The molecule has 7 rings (SSSR count). The molecule has 0 saturated heterocycles. The van der Waals surface area contributed by atoms with Gasteiger partial charge in [0.2, 0.25) is 0 Å². The molecule has 0 bridgehead atoms. The first-order chi connectivity index (χ1) is 17.9. The maximum absolute atomic E-state index is 5.04. The Labute approximate surface area is 207 Å². The van der Waals surface area contributed by atoms with Gasteiger partial charge in [-0.15, -0.1) is 0 Å². The van der Waals surface area contributed by atoms with Crippen molar-refractivity contribution in [3.63, 3.8) is 0 Å². The fourth-order valence-corrected chi connectivity index (χ4v) is 4.67. The summed E-state index contributed by atoms with van der Waals surface area (Å²) in [5.41, 5.74) is 7.59. The highest BCUT2D eigenvalue weighted by Gasteiger charge is 2.18. The molecule has 0 N–H and O–H groups in total. The van der Waals surface area contributed by atoms with Crippen LogP contribution < -0.4 is 0 Å². The maximum Gasteiger partial charge on any atom is 0.163 e. The van der Waals surface area contributed by atoms with Crippen LogP contribution in [-0.2, 0) is 0 Å². The second-order valence-corrected chi connectivity index (χ2v) is 8.49. The van der Waals surface area contributed by atoms with Crippen LogP contribution in [0.3, 0.4) is 0 Å². The third-order valence-electron chi connectivity index (χ3n) is 6.29. The van der Waals surface area contributed by atoms with E-state index in [9.17, 15) is 0 Å². The molecule has 0 atom stereocenters. The summed E-state index contributed by atoms with van der Waals surface area (Å²) in [5.74, 6) is 1.63. The van der Waals surface area contributed by atoms with Crippen molar-refractivity contribution in [1.29, 1.82) is 0 Å². The van der Waals surface area contributed by atoms with Gasteiger partial charge in [0.05, 0.1) is 22.4 Å². The van der Waals surface area contributed by atoms with E-state index in [4.69, 9.17) is 9.97 Å². The van der Waals surface area contributed by atoms with Crippen molar-refractivity contribution in [2.24, 2.45) is 0 Å². The molecule has 7 aromatic rings. The number of aromatic nitrogens is 6. The van der Waals surface area contributed by atoms with Gasteiger partial charge in [-0.3, -0.25) is 18.8 Å². The van der Waals surface area contributed by atoms with Crippen LogP contribution in [0, 0.1) is 0 Å². The number of imidazole rings is 2. The van der Waals surface area contributed by atoms with Gasteiger partial charge < -0.3 is 0 Å². The molecule has 6 nitrogen and oxygen atoms in total. The summed E-state index contributed by atoms with van der Waals surface area (Å²) < 4.78 is 4.19. The van der Waals surface area contributed by atoms with Crippen LogP contribution in [-0.4, -0.2) is 28.7 Å². The van der Waals surface area contributed by atoms with E-state index < -0.39 is 0 Å². The fourth-order valence-electron chi connectivity index (χ4n) is 4.67. The summed E-state index contributed by atoms with van der Waals surface area (Å²) in [6, 6.07) is 32.5. The predicted octanol–water partition coefficient (Wildman–Crippen LogP) is 6.44. The van der Waals surface area contributed by atoms with Gasteiger partial charge in [-0.25, -0.2) is 9.97 Å². The molecule has 0 amide bonds. The highest BCUT2D eigenvalue weighted by Crippen LogP contribution is 2.34. The lowest BCUT2D eigenvalue weighted by atomic mass is 10.0. The summed E-state index contributed by atoms with van der Waals surface area (Å²) >= 11 is 0. The number of rotatable bonds is 4. The number of pyridine rings is 4. The molecule has 0 aliphatic heterocycles. The smallest absolute Gasteiger partial charge is 0.163 e. The summed E-state index contributed by atoms with van der Waals surface area (Å²) in [4.78, 5) is 19.2. The molecule has 170 valence electrons. The van der Waals surface area contributed by atoms with Crippen LogP contribution in [0.4, 0.5) is 0 Å². The normalized spacial score (nSPS) is 11.3. The van der Waals surface area contributed by atoms with Crippen molar-refractivity contribution in [2.75, 3.05) is 0 Å². The number of hydrogen-bond donors (Lipinski definition) is 0. The lowest BCUT2D eigenvalue weighted by Gasteiger charge is -2.03. The molecule has 6 aromatic heterocycles. The van der Waals surface area contributed by atoms with Crippen LogP contribution in [0.25, 0.3) is 56.6 Å². The summed E-state index contributed by atoms with van der Waals surface area (Å²) in [6.07, 6.45) is 7.65. The van der Waals surface area contributed by atoms with Gasteiger partial charge in [0.1, 0.15) is 11.4 Å². The minimum Gasteiger partial charge on any atom is -0.298 e. The third kappa shape index (κ3) is 3.27. The van der Waals surface area contributed by atoms with Crippen LogP contribution in [0.5, 0.6) is 0 Å². The molecule has 0 aliphatic carbocycles. The molecule has 0 radical (unpaired) electrons. The van der Waals surface area contributed by atoms with E-state index in [1.165, 1.54) is 0 Å². The van der Waals surface area contributed by atoms with Crippen LogP contribution in [0.1, 0.15) is 0 Å². The number of fused-ring (bicyclic) bond motifs is 2. The zero-order chi connectivity index (χ0) is 23.9. The van der Waals surface area contributed by atoms with Gasteiger partial charge in [-0.05, 0) is 54.6 Å². The fraction of sp³-hybridized carbons (Fsp3) is 0. The molecular formula is C30H20N6. The molecule has 6 heteroatoms. The Kier molecular flexibility index (Phi) is 4.67. The van der Waals surface area contributed by atoms with E-state index in [2.05, 4.69) is 55.2 Å². The second-order valence-electron chi connectivity index (χ2n) is 8.49. The topological polar surface area (TPSA) is 60.4 Å². The maximum atomic E-state index is 5.04. The predicted molar refractivity (Wildman–Crippen MR) is 141 cm³/mol. The highest BCUT2D eigenvalue weighted by atomic mass is 15.1. The molecule has 1 aromatic carbocycles. The Morgan fingerprint density at radius 3 is 1.44 bits per heavy atom. The molecule has 0 fully saturated rings. The summed E-state index contributed by atoms with van der Waals surface area (Å²) in [6.45, 7) is 0. The van der Waals surface area contributed by atoms with E-state index in [1.54, 1.807) is 12.4 Å². The minimum atomic E-state index is 0.816. The molecule has 6 heterocycles. The van der Waals surface area contributed by atoms with Crippen LogP contribution >= 0.6 is 0 Å². The number of nitrogens with zero attached hydrogens (tertiary/aromatic N) is 6. The molecule has 0 aliphatic rings. The van der Waals surface area contributed by atoms with Crippen LogP contribution in [0.2, 0.25) is 0 Å². The zero-order valence-corrected chi connectivity index (χ0v) is 19.2. The number of benzene rings is 1. The molecule has 0 spiro atoms. The van der Waals surface area contributed by atoms with E-state index in [-0.39, 0.29) is 0 Å². The number of hydrogen-bond acceptors (Lipinski definition) is 4. The SMILES string of the molecule is c1ccc(-c2nc(-c3cccc(-c4nc(-c5ccccn5)n5ccccc45)c3)c3ccccn23)nc1. The third-order valence-corrected chi connectivity index (χ3v) is 6.29. The Balaban J connectivity index is 1.41. The van der Waals surface area contributed by atoms with Gasteiger partial charge in [0, 0.05) is 35.9 Å². The van der Waals surface area contributed by atoms with Crippen molar-refractivity contribution in [1.82, 2.24) is 28.7 Å². The largest absolute Gasteiger partial charge is 0.298 e. The standard InChI is InChI=1S/C30H20N6/c1-5-16-31-23(12-1)29-33-27(25-14-3-7-18-35(25)29)21-10-9-11-22(20-21)28-26-15-4-8-19-36(26)30(34-28)24-13-2-6-17-32-24/h1-20H. The first-order valence-electron chi connectivity index (χ1n) is 11.7. The summed E-state index contributed by atoms with van der Waals surface area (Å²) in [7, 11) is 0. The van der Waals surface area contributed by atoms with Crippen molar-refractivity contribution in [3.8, 4) is 45.6 Å². The first-order valence-corrected chi connectivity index (χ1v) is 11.7. The lowest BCUT2D eigenvalue weighted by molar-refractivity contribution is 1.13. The average Bonchev–Trinajstić information content (AvgIpc) is 3.54. The molecule has 0 unspecified atom stereocenters. The van der Waals surface area contributed by atoms with E-state index >= 15 is 0 Å². The Bertz CT molecular complexity index is 1700. The summed E-state index contributed by atoms with van der Waals surface area (Å²) in [5, 5.41) is 0. The van der Waals surface area contributed by atoms with E-state index in [0.717, 1.165) is 56.6 Å². The molecular weight excluding hydrogens is 444 g/mol. The van der Waals surface area contributed by atoms with E-state index in [0.29, 0.717) is 0 Å². The van der Waals surface area contributed by atoms with Crippen molar-refractivity contribution in [3.05, 3.63) is 122 Å². The van der Waals surface area contributed by atoms with E-state index in [1.807, 2.05) is 73.1 Å². The lowest BCUT2D eigenvalue weighted by Crippen LogP contribution is -1.90.